The molecule has 1 heterocycles. The van der Waals surface area contributed by atoms with Crippen molar-refractivity contribution in [1.29, 1.82) is 0 Å². The number of epoxide rings is 1. The van der Waals surface area contributed by atoms with Crippen LogP contribution in [0.15, 0.2) is 6.58 Å². The molecule has 0 aromatic carbocycles. The number of ketones is 1. The summed E-state index contributed by atoms with van der Waals surface area (Å²) in [6.07, 6.45) is 2.72. The molecule has 12 heavy (non-hydrogen) atoms. The van der Waals surface area contributed by atoms with Crippen molar-refractivity contribution in [3.63, 3.8) is 0 Å². The van der Waals surface area contributed by atoms with Gasteiger partial charge in [-0.2, -0.15) is 0 Å². The molecule has 0 aliphatic carbocycles. The molecule has 0 saturated carbocycles. The zero-order chi connectivity index (χ0) is 7.28. The second-order valence-electron chi connectivity index (χ2n) is 1.88. The minimum Gasteiger partial charge on any atom is -0.435 e. The molecule has 0 amide bonds. The van der Waals surface area contributed by atoms with E-state index in [4.69, 9.17) is 4.74 Å². The first-order valence-corrected chi connectivity index (χ1v) is 2.82. The maximum absolute atomic E-state index is 9.64. The number of hydrogen-bond donors (Lipinski definition) is 0. The third kappa shape index (κ3) is 32.5. The molecule has 1 aliphatic rings. The van der Waals surface area contributed by atoms with Crippen molar-refractivity contribution in [1.82, 2.24) is 0 Å². The molecule has 0 aromatic rings. The van der Waals surface area contributed by atoms with Crippen LogP contribution in [0.5, 0.6) is 0 Å². The normalized spacial score (nSPS) is 16.0. The van der Waals surface area contributed by atoms with Crippen LogP contribution < -0.4 is 0 Å². The SMILES string of the molecule is C.C.C=[C-]C(C)=O.CC1CO1.[V]. The van der Waals surface area contributed by atoms with Crippen LogP contribution in [0, 0.1) is 6.08 Å². The molecular formula is C9H19O2V-. The van der Waals surface area contributed by atoms with E-state index in [1.807, 2.05) is 0 Å². The second kappa shape index (κ2) is 13.5. The molecule has 0 N–H and O–H groups in total. The fourth-order valence-corrected chi connectivity index (χ4v) is 0.0962. The summed E-state index contributed by atoms with van der Waals surface area (Å²) in [5.41, 5.74) is 0. The van der Waals surface area contributed by atoms with E-state index in [0.717, 1.165) is 6.61 Å². The Hall–Kier alpha value is -0.0456. The summed E-state index contributed by atoms with van der Waals surface area (Å²) in [6.45, 7) is 7.54. The fourth-order valence-electron chi connectivity index (χ4n) is 0.0962. The number of Topliss-reactive ketones (excluding diaryl/α,β-unsaturated/α-hetero) is 1. The Labute approximate surface area is 88.3 Å². The van der Waals surface area contributed by atoms with Gasteiger partial charge in [-0.05, 0) is 19.6 Å². The van der Waals surface area contributed by atoms with Gasteiger partial charge in [-0.25, -0.2) is 0 Å². The molecule has 0 bridgehead atoms. The number of allylic oxidation sites excluding steroid dienone is 1. The summed E-state index contributed by atoms with van der Waals surface area (Å²) < 4.78 is 4.71. The van der Waals surface area contributed by atoms with Crippen LogP contribution in [0.4, 0.5) is 0 Å². The fraction of sp³-hybridized carbons (Fsp3) is 0.667. The Bertz CT molecular complexity index is 109. The number of rotatable bonds is 1. The first kappa shape index (κ1) is 22.7. The zero-order valence-electron chi connectivity index (χ0n) is 6.26. The van der Waals surface area contributed by atoms with Gasteiger partial charge in [0, 0.05) is 18.6 Å². The van der Waals surface area contributed by atoms with Crippen LogP contribution in [0.25, 0.3) is 0 Å². The number of hydrogen-bond acceptors (Lipinski definition) is 2. The van der Waals surface area contributed by atoms with Crippen LogP contribution in [0.2, 0.25) is 0 Å². The zero-order valence-corrected chi connectivity index (χ0v) is 7.65. The van der Waals surface area contributed by atoms with E-state index in [1.54, 1.807) is 0 Å². The minimum atomic E-state index is -0.106. The largest absolute Gasteiger partial charge is 0.435 e. The summed E-state index contributed by atoms with van der Waals surface area (Å²) >= 11 is 0. The van der Waals surface area contributed by atoms with Gasteiger partial charge in [-0.15, -0.1) is 0 Å². The molecule has 1 saturated heterocycles. The topological polar surface area (TPSA) is 29.6 Å². The summed E-state index contributed by atoms with van der Waals surface area (Å²) in [7, 11) is 0. The Morgan fingerprint density at radius 3 is 1.75 bits per heavy atom. The minimum absolute atomic E-state index is 0. The van der Waals surface area contributed by atoms with Gasteiger partial charge in [0.2, 0.25) is 0 Å². The van der Waals surface area contributed by atoms with Crippen molar-refractivity contribution < 1.29 is 28.1 Å². The van der Waals surface area contributed by atoms with E-state index in [9.17, 15) is 4.79 Å². The van der Waals surface area contributed by atoms with Crippen molar-refractivity contribution in [3.8, 4) is 0 Å². The third-order valence-electron chi connectivity index (χ3n) is 0.749. The van der Waals surface area contributed by atoms with E-state index >= 15 is 0 Å². The quantitative estimate of drug-likeness (QED) is 0.377. The molecule has 1 radical (unpaired) electrons. The first-order valence-electron chi connectivity index (χ1n) is 2.82. The standard InChI is InChI=1S/C4H5O.C3H6O.2CH4.V/c1-3-4(2)5;1-3-2-4-3;;;/h1H2,2H3;3H,2H2,1H3;2*1H4;/q-1;;;;. The van der Waals surface area contributed by atoms with E-state index in [1.165, 1.54) is 6.92 Å². The molecule has 1 aliphatic heterocycles. The van der Waals surface area contributed by atoms with E-state index in [0.29, 0.717) is 6.10 Å². The maximum atomic E-state index is 9.64. The Balaban J connectivity index is -0.0000000429. The van der Waals surface area contributed by atoms with Gasteiger partial charge in [0.05, 0.1) is 12.7 Å². The number of ether oxygens (including phenoxy) is 1. The van der Waals surface area contributed by atoms with Crippen LogP contribution in [0.3, 0.4) is 0 Å². The van der Waals surface area contributed by atoms with Gasteiger partial charge in [-0.3, -0.25) is 6.58 Å². The maximum Gasteiger partial charge on any atom is 0.0781 e. The second-order valence-corrected chi connectivity index (χ2v) is 1.88. The molecule has 1 rings (SSSR count). The smallest absolute Gasteiger partial charge is 0.0781 e. The predicted molar refractivity (Wildman–Crippen MR) is 48.4 cm³/mol. The van der Waals surface area contributed by atoms with Gasteiger partial charge in [-0.1, -0.05) is 14.9 Å². The van der Waals surface area contributed by atoms with Crippen molar-refractivity contribution in [2.75, 3.05) is 6.61 Å². The van der Waals surface area contributed by atoms with Gasteiger partial charge in [0.15, 0.2) is 0 Å². The summed E-state index contributed by atoms with van der Waals surface area (Å²) in [5, 5.41) is 0. The van der Waals surface area contributed by atoms with Crippen molar-refractivity contribution in [2.24, 2.45) is 0 Å². The molecule has 1 fully saturated rings. The van der Waals surface area contributed by atoms with Gasteiger partial charge < -0.3 is 15.6 Å². The first-order chi connectivity index (χ1) is 4.16. The summed E-state index contributed by atoms with van der Waals surface area (Å²) in [6, 6.07) is 0. The van der Waals surface area contributed by atoms with Gasteiger partial charge in [0.1, 0.15) is 0 Å². The molecule has 0 aromatic heterocycles. The van der Waals surface area contributed by atoms with Crippen LogP contribution in [-0.2, 0) is 28.1 Å². The van der Waals surface area contributed by atoms with Crippen molar-refractivity contribution in [3.05, 3.63) is 12.7 Å². The molecule has 2 nitrogen and oxygen atoms in total. The average molecular weight is 210 g/mol. The monoisotopic (exact) mass is 210 g/mol. The predicted octanol–water partition coefficient (Wildman–Crippen LogP) is 2.24. The molecular weight excluding hydrogens is 191 g/mol. The molecule has 1 atom stereocenters. The Morgan fingerprint density at radius 2 is 1.75 bits per heavy atom. The molecule has 1 unspecified atom stereocenters. The van der Waals surface area contributed by atoms with E-state index in [-0.39, 0.29) is 39.2 Å². The summed E-state index contributed by atoms with van der Waals surface area (Å²) in [5.74, 6) is -0.106. The summed E-state index contributed by atoms with van der Waals surface area (Å²) in [4.78, 5) is 9.64. The average Bonchev–Trinajstić information content (AvgIpc) is 2.53. The van der Waals surface area contributed by atoms with Crippen LogP contribution in [0.1, 0.15) is 28.7 Å². The molecule has 3 heteroatoms. The Kier molecular flexibility index (Phi) is 25.6. The van der Waals surface area contributed by atoms with Crippen LogP contribution >= 0.6 is 0 Å². The van der Waals surface area contributed by atoms with Crippen LogP contribution in [-0.4, -0.2) is 18.5 Å². The molecule has 73 valence electrons. The number of carbonyl (C=O) groups is 1. The van der Waals surface area contributed by atoms with Gasteiger partial charge in [0.25, 0.3) is 0 Å². The van der Waals surface area contributed by atoms with E-state index in [2.05, 4.69) is 19.6 Å². The van der Waals surface area contributed by atoms with E-state index < -0.39 is 0 Å². The molecule has 0 spiro atoms. The number of carbonyl (C=O) groups excluding carboxylic acids is 1. The Morgan fingerprint density at radius 1 is 1.58 bits per heavy atom. The van der Waals surface area contributed by atoms with Crippen molar-refractivity contribution >= 4 is 5.78 Å². The van der Waals surface area contributed by atoms with Gasteiger partial charge >= 0.3 is 0 Å². The third-order valence-corrected chi connectivity index (χ3v) is 0.749. The van der Waals surface area contributed by atoms with Crippen molar-refractivity contribution in [2.45, 2.75) is 34.8 Å².